The van der Waals surface area contributed by atoms with Crippen LogP contribution in [0.5, 0.6) is 0 Å². The molecule has 3 aromatic carbocycles. The Hall–Kier alpha value is -3.24. The maximum Gasteiger partial charge on any atom is 0.149 e. The molecule has 3 heterocycles. The number of rotatable bonds is 2. The summed E-state index contributed by atoms with van der Waals surface area (Å²) in [4.78, 5) is 4.56. The van der Waals surface area contributed by atoms with Crippen LogP contribution in [-0.4, -0.2) is 18.2 Å². The first-order valence-electron chi connectivity index (χ1n) is 10.8. The van der Waals surface area contributed by atoms with Crippen LogP contribution in [0, 0.1) is 12.7 Å². The lowest BCUT2D eigenvalue weighted by Crippen LogP contribution is -2.14. The Morgan fingerprint density at radius 3 is 2.61 bits per heavy atom. The first-order chi connectivity index (χ1) is 15.2. The molecule has 1 aliphatic heterocycles. The van der Waals surface area contributed by atoms with E-state index in [1.54, 1.807) is 0 Å². The van der Waals surface area contributed by atoms with Crippen molar-refractivity contribution in [2.45, 2.75) is 25.7 Å². The monoisotopic (exact) mass is 411 g/mol. The van der Waals surface area contributed by atoms with Gasteiger partial charge in [-0.2, -0.15) is 0 Å². The molecule has 0 bridgehead atoms. The minimum atomic E-state index is -0.269. The van der Waals surface area contributed by atoms with Gasteiger partial charge in [0.1, 0.15) is 17.0 Å². The van der Waals surface area contributed by atoms with Crippen LogP contribution in [0.25, 0.3) is 44.0 Å². The summed E-state index contributed by atoms with van der Waals surface area (Å²) >= 11 is 0. The summed E-state index contributed by atoms with van der Waals surface area (Å²) in [7, 11) is 0. The van der Waals surface area contributed by atoms with E-state index >= 15 is 4.39 Å². The second-order valence-electron chi connectivity index (χ2n) is 8.40. The zero-order valence-corrected chi connectivity index (χ0v) is 17.3. The topological polar surface area (TPSA) is 35.3 Å². The van der Waals surface area contributed by atoms with Crippen molar-refractivity contribution in [3.63, 3.8) is 0 Å². The molecule has 0 spiro atoms. The zero-order chi connectivity index (χ0) is 20.9. The van der Waals surface area contributed by atoms with Gasteiger partial charge in [0.05, 0.1) is 11.9 Å². The maximum atomic E-state index is 15.1. The van der Waals surface area contributed by atoms with Gasteiger partial charge < -0.3 is 9.15 Å². The summed E-state index contributed by atoms with van der Waals surface area (Å²) in [6.07, 6.45) is 3.18. The van der Waals surface area contributed by atoms with E-state index in [-0.39, 0.29) is 5.82 Å². The normalized spacial score (nSPS) is 15.3. The Morgan fingerprint density at radius 2 is 1.74 bits per heavy atom. The van der Waals surface area contributed by atoms with E-state index in [4.69, 9.17) is 9.15 Å². The molecule has 5 aromatic rings. The van der Waals surface area contributed by atoms with Gasteiger partial charge in [-0.25, -0.2) is 4.39 Å². The number of halogens is 1. The second kappa shape index (κ2) is 7.17. The van der Waals surface area contributed by atoms with E-state index in [0.29, 0.717) is 11.3 Å². The summed E-state index contributed by atoms with van der Waals surface area (Å²) < 4.78 is 26.9. The number of para-hydroxylation sites is 1. The van der Waals surface area contributed by atoms with E-state index < -0.39 is 0 Å². The third-order valence-corrected chi connectivity index (χ3v) is 6.44. The Morgan fingerprint density at radius 1 is 0.935 bits per heavy atom. The molecule has 0 unspecified atom stereocenters. The van der Waals surface area contributed by atoms with Gasteiger partial charge in [0.2, 0.25) is 0 Å². The molecule has 0 amide bonds. The Labute approximate surface area is 179 Å². The minimum absolute atomic E-state index is 0.269. The summed E-state index contributed by atoms with van der Waals surface area (Å²) in [5.74, 6) is 0.0280. The van der Waals surface area contributed by atoms with Crippen LogP contribution in [0.3, 0.4) is 0 Å². The zero-order valence-electron chi connectivity index (χ0n) is 17.3. The molecule has 0 radical (unpaired) electrons. The molecule has 1 saturated heterocycles. The highest BCUT2D eigenvalue weighted by molar-refractivity contribution is 6.12. The number of pyridine rings is 1. The lowest BCUT2D eigenvalue weighted by atomic mass is 9.87. The number of hydrogen-bond donors (Lipinski definition) is 0. The summed E-state index contributed by atoms with van der Waals surface area (Å²) in [6.45, 7) is 3.51. The molecule has 3 nitrogen and oxygen atoms in total. The van der Waals surface area contributed by atoms with Crippen molar-refractivity contribution >= 4 is 32.7 Å². The molecule has 1 aliphatic rings. The quantitative estimate of drug-likeness (QED) is 0.310. The van der Waals surface area contributed by atoms with Gasteiger partial charge in [0.25, 0.3) is 0 Å². The molecule has 31 heavy (non-hydrogen) atoms. The van der Waals surface area contributed by atoms with Crippen LogP contribution in [-0.2, 0) is 4.74 Å². The second-order valence-corrected chi connectivity index (χ2v) is 8.40. The first-order valence-corrected chi connectivity index (χ1v) is 10.8. The maximum absolute atomic E-state index is 15.1. The predicted molar refractivity (Wildman–Crippen MR) is 122 cm³/mol. The molecule has 0 aliphatic carbocycles. The van der Waals surface area contributed by atoms with Crippen molar-refractivity contribution in [2.24, 2.45) is 0 Å². The number of furan rings is 1. The highest BCUT2D eigenvalue weighted by Gasteiger charge is 2.23. The third-order valence-electron chi connectivity index (χ3n) is 6.44. The van der Waals surface area contributed by atoms with Crippen molar-refractivity contribution in [3.05, 3.63) is 77.7 Å². The fourth-order valence-electron chi connectivity index (χ4n) is 5.00. The van der Waals surface area contributed by atoms with Crippen LogP contribution in [0.2, 0.25) is 0 Å². The molecular formula is C27H22FNO2. The third kappa shape index (κ3) is 2.94. The Bertz CT molecular complexity index is 1450. The number of benzene rings is 3. The van der Waals surface area contributed by atoms with E-state index in [2.05, 4.69) is 36.2 Å². The lowest BCUT2D eigenvalue weighted by Gasteiger charge is -2.24. The summed E-state index contributed by atoms with van der Waals surface area (Å²) in [5.41, 5.74) is 5.48. The molecular weight excluding hydrogens is 389 g/mol. The van der Waals surface area contributed by atoms with Gasteiger partial charge >= 0.3 is 0 Å². The van der Waals surface area contributed by atoms with Crippen LogP contribution in [0.1, 0.15) is 29.9 Å². The fraction of sp³-hybridized carbons (Fsp3) is 0.222. The summed E-state index contributed by atoms with van der Waals surface area (Å²) in [6, 6.07) is 18.3. The number of nitrogens with zero attached hydrogens (tertiary/aromatic N) is 1. The number of aromatic nitrogens is 1. The van der Waals surface area contributed by atoms with Crippen molar-refractivity contribution in [3.8, 4) is 11.3 Å². The van der Waals surface area contributed by atoms with Crippen molar-refractivity contribution < 1.29 is 13.5 Å². The number of ether oxygens (including phenoxy) is 1. The van der Waals surface area contributed by atoms with Crippen LogP contribution < -0.4 is 0 Å². The average Bonchev–Trinajstić information content (AvgIpc) is 3.18. The smallest absolute Gasteiger partial charge is 0.149 e. The predicted octanol–water partition coefficient (Wildman–Crippen LogP) is 7.14. The molecule has 2 aromatic heterocycles. The minimum Gasteiger partial charge on any atom is -0.455 e. The average molecular weight is 411 g/mol. The highest BCUT2D eigenvalue weighted by atomic mass is 19.1. The molecule has 0 saturated carbocycles. The molecule has 0 N–H and O–H groups in total. The highest BCUT2D eigenvalue weighted by Crippen LogP contribution is 2.41. The van der Waals surface area contributed by atoms with Crippen molar-refractivity contribution in [1.82, 2.24) is 4.98 Å². The van der Waals surface area contributed by atoms with Crippen molar-refractivity contribution in [1.29, 1.82) is 0 Å². The van der Waals surface area contributed by atoms with E-state index in [0.717, 1.165) is 75.8 Å². The van der Waals surface area contributed by atoms with Gasteiger partial charge in [-0.15, -0.1) is 0 Å². The number of fused-ring (bicyclic) bond motifs is 4. The van der Waals surface area contributed by atoms with E-state index in [1.165, 1.54) is 6.20 Å². The fourth-order valence-corrected chi connectivity index (χ4v) is 5.00. The lowest BCUT2D eigenvalue weighted by molar-refractivity contribution is 0.0856. The molecule has 6 rings (SSSR count). The largest absolute Gasteiger partial charge is 0.455 e. The van der Waals surface area contributed by atoms with Crippen LogP contribution >= 0.6 is 0 Å². The van der Waals surface area contributed by atoms with Crippen molar-refractivity contribution in [2.75, 3.05) is 13.2 Å². The Balaban J connectivity index is 1.66. The van der Waals surface area contributed by atoms with Gasteiger partial charge in [0.15, 0.2) is 0 Å². The van der Waals surface area contributed by atoms with Crippen LogP contribution in [0.15, 0.2) is 65.2 Å². The van der Waals surface area contributed by atoms with Crippen LogP contribution in [0.4, 0.5) is 4.39 Å². The molecule has 154 valence electrons. The van der Waals surface area contributed by atoms with E-state index in [1.807, 2.05) is 30.3 Å². The first kappa shape index (κ1) is 18.5. The Kier molecular flexibility index (Phi) is 4.29. The van der Waals surface area contributed by atoms with Gasteiger partial charge in [-0.05, 0) is 55.0 Å². The SMILES string of the molecule is Cc1cc(-c2ncc(F)c3c(C4CCOCC4)cccc23)c2oc3ccccc3c2c1. The molecule has 1 fully saturated rings. The number of aryl methyl sites for hydroxylation is 1. The van der Waals surface area contributed by atoms with Gasteiger partial charge in [-0.1, -0.05) is 36.4 Å². The van der Waals surface area contributed by atoms with Gasteiger partial charge in [0, 0.05) is 40.3 Å². The summed E-state index contributed by atoms with van der Waals surface area (Å²) in [5, 5.41) is 3.64. The van der Waals surface area contributed by atoms with E-state index in [9.17, 15) is 0 Å². The molecule has 0 atom stereocenters. The van der Waals surface area contributed by atoms with Gasteiger partial charge in [-0.3, -0.25) is 4.98 Å². The standard InChI is InChI=1S/C27H22FNO2/c1-16-13-21-19-5-2-3-8-24(19)31-27(21)22(14-16)26-20-7-4-6-18(17-9-11-30-12-10-17)25(20)23(28)15-29-26/h2-8,13-15,17H,9-12H2,1H3. The number of hydrogen-bond acceptors (Lipinski definition) is 3. The molecule has 4 heteroatoms.